The van der Waals surface area contributed by atoms with E-state index in [1.807, 2.05) is 36.4 Å². The Balaban J connectivity index is 1.65. The molecule has 26 heavy (non-hydrogen) atoms. The highest BCUT2D eigenvalue weighted by atomic mass is 32.2. The van der Waals surface area contributed by atoms with E-state index < -0.39 is 16.0 Å². The van der Waals surface area contributed by atoms with Gasteiger partial charge in [-0.3, -0.25) is 0 Å². The molecule has 6 nitrogen and oxygen atoms in total. The average molecular weight is 374 g/mol. The Kier molecular flexibility index (Phi) is 5.58. The van der Waals surface area contributed by atoms with E-state index >= 15 is 0 Å². The number of rotatable bonds is 6. The number of hydrogen-bond acceptors (Lipinski definition) is 4. The lowest BCUT2D eigenvalue weighted by molar-refractivity contribution is 0.0539. The molecule has 0 atom stereocenters. The SMILES string of the molecule is Cn1cc(S(=O)(=O)N2CCCC2)cc1C(=O)OC/C=C/c1ccccc1. The van der Waals surface area contributed by atoms with Crippen molar-refractivity contribution in [1.29, 1.82) is 0 Å². The number of aromatic nitrogens is 1. The van der Waals surface area contributed by atoms with Gasteiger partial charge in [0.25, 0.3) is 0 Å². The number of sulfonamides is 1. The van der Waals surface area contributed by atoms with Crippen LogP contribution in [0.1, 0.15) is 28.9 Å². The molecule has 7 heteroatoms. The highest BCUT2D eigenvalue weighted by Crippen LogP contribution is 2.22. The molecule has 1 aromatic heterocycles. The lowest BCUT2D eigenvalue weighted by atomic mass is 10.2. The summed E-state index contributed by atoms with van der Waals surface area (Å²) < 4.78 is 33.4. The molecule has 1 aliphatic heterocycles. The summed E-state index contributed by atoms with van der Waals surface area (Å²) in [4.78, 5) is 12.4. The molecule has 0 aliphatic carbocycles. The van der Waals surface area contributed by atoms with E-state index in [0.717, 1.165) is 18.4 Å². The predicted octanol–water partition coefficient (Wildman–Crippen LogP) is 2.68. The summed E-state index contributed by atoms with van der Waals surface area (Å²) in [6, 6.07) is 11.1. The Morgan fingerprint density at radius 2 is 1.88 bits per heavy atom. The number of hydrogen-bond donors (Lipinski definition) is 0. The molecule has 0 bridgehead atoms. The van der Waals surface area contributed by atoms with E-state index in [0.29, 0.717) is 13.1 Å². The molecule has 2 aromatic rings. The molecule has 138 valence electrons. The van der Waals surface area contributed by atoms with Crippen LogP contribution in [0.15, 0.2) is 53.6 Å². The third-order valence-corrected chi connectivity index (χ3v) is 6.18. The maximum Gasteiger partial charge on any atom is 0.355 e. The van der Waals surface area contributed by atoms with Crippen molar-refractivity contribution in [3.63, 3.8) is 0 Å². The van der Waals surface area contributed by atoms with Crippen LogP contribution in [-0.4, -0.2) is 43.0 Å². The van der Waals surface area contributed by atoms with Gasteiger partial charge in [-0.15, -0.1) is 0 Å². The molecular weight excluding hydrogens is 352 g/mol. The fourth-order valence-corrected chi connectivity index (χ4v) is 4.49. The van der Waals surface area contributed by atoms with Crippen molar-refractivity contribution in [3.8, 4) is 0 Å². The quantitative estimate of drug-likeness (QED) is 0.729. The molecule has 0 saturated carbocycles. The first kappa shape index (κ1) is 18.4. The molecule has 0 spiro atoms. The summed E-state index contributed by atoms with van der Waals surface area (Å²) in [5.74, 6) is -0.548. The van der Waals surface area contributed by atoms with Gasteiger partial charge in [-0.25, -0.2) is 13.2 Å². The van der Waals surface area contributed by atoms with Gasteiger partial charge in [0.2, 0.25) is 10.0 Å². The zero-order valence-corrected chi connectivity index (χ0v) is 15.5. The van der Waals surface area contributed by atoms with E-state index in [4.69, 9.17) is 4.74 Å². The van der Waals surface area contributed by atoms with Crippen LogP contribution in [0.3, 0.4) is 0 Å². The number of carbonyl (C=O) groups excluding carboxylic acids is 1. The Morgan fingerprint density at radius 3 is 2.58 bits per heavy atom. The van der Waals surface area contributed by atoms with Crippen molar-refractivity contribution in [1.82, 2.24) is 8.87 Å². The van der Waals surface area contributed by atoms with Crippen LogP contribution in [-0.2, 0) is 21.8 Å². The lowest BCUT2D eigenvalue weighted by Crippen LogP contribution is -2.27. The van der Waals surface area contributed by atoms with Gasteiger partial charge in [0.15, 0.2) is 0 Å². The normalized spacial score (nSPS) is 15.6. The van der Waals surface area contributed by atoms with Gasteiger partial charge >= 0.3 is 5.97 Å². The number of benzene rings is 1. The third kappa shape index (κ3) is 4.05. The molecule has 3 rings (SSSR count). The van der Waals surface area contributed by atoms with Crippen LogP contribution in [0.25, 0.3) is 6.08 Å². The zero-order valence-electron chi connectivity index (χ0n) is 14.7. The number of nitrogens with zero attached hydrogens (tertiary/aromatic N) is 2. The minimum atomic E-state index is -3.54. The standard InChI is InChI=1S/C19H22N2O4S/c1-20-15-17(26(23,24)21-11-5-6-12-21)14-18(20)19(22)25-13-7-10-16-8-3-2-4-9-16/h2-4,7-10,14-15H,5-6,11-13H2,1H3/b10-7+. The maximum atomic E-state index is 12.6. The number of esters is 1. The van der Waals surface area contributed by atoms with E-state index in [1.54, 1.807) is 13.1 Å². The molecule has 1 fully saturated rings. The Bertz CT molecular complexity index is 895. The van der Waals surface area contributed by atoms with Gasteiger partial charge < -0.3 is 9.30 Å². The summed E-state index contributed by atoms with van der Waals surface area (Å²) in [7, 11) is -1.91. The lowest BCUT2D eigenvalue weighted by Gasteiger charge is -2.13. The summed E-state index contributed by atoms with van der Waals surface area (Å²) in [6.45, 7) is 1.18. The van der Waals surface area contributed by atoms with Gasteiger partial charge in [-0.2, -0.15) is 4.31 Å². The summed E-state index contributed by atoms with van der Waals surface area (Å²) in [5, 5.41) is 0. The van der Waals surface area contributed by atoms with Crippen LogP contribution < -0.4 is 0 Å². The predicted molar refractivity (Wildman–Crippen MR) is 99.2 cm³/mol. The Hall–Kier alpha value is -2.38. The van der Waals surface area contributed by atoms with Crippen molar-refractivity contribution in [2.45, 2.75) is 17.7 Å². The minimum Gasteiger partial charge on any atom is -0.457 e. The fourth-order valence-electron chi connectivity index (χ4n) is 2.90. The average Bonchev–Trinajstić information content (AvgIpc) is 3.30. The van der Waals surface area contributed by atoms with Crippen LogP contribution in [0.2, 0.25) is 0 Å². The van der Waals surface area contributed by atoms with Gasteiger partial charge in [0.1, 0.15) is 17.2 Å². The van der Waals surface area contributed by atoms with Gasteiger partial charge in [0, 0.05) is 26.3 Å². The first-order chi connectivity index (χ1) is 12.5. The molecule has 1 aromatic carbocycles. The van der Waals surface area contributed by atoms with Crippen molar-refractivity contribution in [2.75, 3.05) is 19.7 Å². The second-order valence-corrected chi connectivity index (χ2v) is 8.13. The summed E-state index contributed by atoms with van der Waals surface area (Å²) >= 11 is 0. The number of aryl methyl sites for hydroxylation is 1. The highest BCUT2D eigenvalue weighted by Gasteiger charge is 2.29. The van der Waals surface area contributed by atoms with Crippen LogP contribution in [0.4, 0.5) is 0 Å². The van der Waals surface area contributed by atoms with Gasteiger partial charge in [0.05, 0.1) is 0 Å². The van der Waals surface area contributed by atoms with Crippen LogP contribution in [0.5, 0.6) is 0 Å². The number of ether oxygens (including phenoxy) is 1. The minimum absolute atomic E-state index is 0.118. The topological polar surface area (TPSA) is 68.6 Å². The fraction of sp³-hybridized carbons (Fsp3) is 0.316. The summed E-state index contributed by atoms with van der Waals surface area (Å²) in [6.07, 6.45) is 6.81. The zero-order chi connectivity index (χ0) is 18.6. The van der Waals surface area contributed by atoms with Crippen molar-refractivity contribution >= 4 is 22.1 Å². The van der Waals surface area contributed by atoms with Gasteiger partial charge in [-0.05, 0) is 30.5 Å². The van der Waals surface area contributed by atoms with E-state index in [-0.39, 0.29) is 17.2 Å². The molecule has 1 aliphatic rings. The third-order valence-electron chi connectivity index (χ3n) is 4.31. The van der Waals surface area contributed by atoms with E-state index in [2.05, 4.69) is 0 Å². The molecule has 0 radical (unpaired) electrons. The van der Waals surface area contributed by atoms with Crippen molar-refractivity contribution in [3.05, 3.63) is 59.9 Å². The van der Waals surface area contributed by atoms with E-state index in [1.165, 1.54) is 21.1 Å². The molecule has 0 N–H and O–H groups in total. The summed E-state index contributed by atoms with van der Waals surface area (Å²) in [5.41, 5.74) is 1.23. The first-order valence-electron chi connectivity index (χ1n) is 8.54. The monoisotopic (exact) mass is 374 g/mol. The van der Waals surface area contributed by atoms with E-state index in [9.17, 15) is 13.2 Å². The van der Waals surface area contributed by atoms with Crippen molar-refractivity contribution < 1.29 is 17.9 Å². The van der Waals surface area contributed by atoms with Crippen LogP contribution in [0, 0.1) is 0 Å². The largest absolute Gasteiger partial charge is 0.457 e. The molecular formula is C19H22N2O4S. The molecule has 1 saturated heterocycles. The smallest absolute Gasteiger partial charge is 0.355 e. The molecule has 2 heterocycles. The van der Waals surface area contributed by atoms with Crippen LogP contribution >= 0.6 is 0 Å². The Morgan fingerprint density at radius 1 is 1.19 bits per heavy atom. The maximum absolute atomic E-state index is 12.6. The second kappa shape index (κ2) is 7.88. The number of carbonyl (C=O) groups is 1. The second-order valence-electron chi connectivity index (χ2n) is 6.19. The van der Waals surface area contributed by atoms with Gasteiger partial charge in [-0.1, -0.05) is 36.4 Å². The first-order valence-corrected chi connectivity index (χ1v) is 9.98. The highest BCUT2D eigenvalue weighted by molar-refractivity contribution is 7.89. The molecule has 0 unspecified atom stereocenters. The molecule has 0 amide bonds. The van der Waals surface area contributed by atoms with Crippen molar-refractivity contribution in [2.24, 2.45) is 7.05 Å². The Labute approximate surface area is 153 Å².